The Hall–Kier alpha value is -0.0700. The van der Waals surface area contributed by atoms with E-state index in [2.05, 4.69) is 15.5 Å². The predicted octanol–water partition coefficient (Wildman–Crippen LogP) is 1.04. The number of halogens is 2. The summed E-state index contributed by atoms with van der Waals surface area (Å²) in [6.45, 7) is 6.30. The van der Waals surface area contributed by atoms with E-state index in [0.29, 0.717) is 17.9 Å². The normalized spacial score (nSPS) is 26.9. The second-order valence-electron chi connectivity index (χ2n) is 7.13. The minimum absolute atomic E-state index is 0. The lowest BCUT2D eigenvalue weighted by Gasteiger charge is -2.31. The highest BCUT2D eigenvalue weighted by Crippen LogP contribution is 2.58. The molecule has 5 nitrogen and oxygen atoms in total. The van der Waals surface area contributed by atoms with E-state index in [-0.39, 0.29) is 36.6 Å². The molecule has 0 aromatic carbocycles. The molecule has 1 saturated carbocycles. The van der Waals surface area contributed by atoms with Gasteiger partial charge in [0.25, 0.3) is 0 Å². The SMILES string of the molecule is Cl.Cl.O=C(NCCN1CCC(CO)CC1)C1CC12CCNCC2. The second-order valence-corrected chi connectivity index (χ2v) is 7.13. The van der Waals surface area contributed by atoms with Gasteiger partial charge in [-0.25, -0.2) is 0 Å². The Morgan fingerprint density at radius 1 is 1.22 bits per heavy atom. The number of aliphatic hydroxyl groups is 1. The highest BCUT2D eigenvalue weighted by molar-refractivity contribution is 5.85. The molecule has 136 valence electrons. The molecule has 7 heteroatoms. The van der Waals surface area contributed by atoms with Gasteiger partial charge >= 0.3 is 0 Å². The van der Waals surface area contributed by atoms with Gasteiger partial charge in [-0.15, -0.1) is 24.8 Å². The Morgan fingerprint density at radius 2 is 1.87 bits per heavy atom. The van der Waals surface area contributed by atoms with Crippen LogP contribution in [0.25, 0.3) is 0 Å². The Labute approximate surface area is 151 Å². The van der Waals surface area contributed by atoms with Crippen LogP contribution in [0.2, 0.25) is 0 Å². The monoisotopic (exact) mass is 367 g/mol. The molecule has 23 heavy (non-hydrogen) atoms. The molecule has 3 N–H and O–H groups in total. The highest BCUT2D eigenvalue weighted by atomic mass is 35.5. The van der Waals surface area contributed by atoms with Crippen molar-refractivity contribution in [1.29, 1.82) is 0 Å². The summed E-state index contributed by atoms with van der Waals surface area (Å²) in [5.74, 6) is 1.05. The number of nitrogens with one attached hydrogen (secondary N) is 2. The molecule has 3 aliphatic rings. The number of carbonyl (C=O) groups is 1. The van der Waals surface area contributed by atoms with Crippen molar-refractivity contribution in [1.82, 2.24) is 15.5 Å². The first-order valence-corrected chi connectivity index (χ1v) is 8.55. The molecule has 1 amide bonds. The van der Waals surface area contributed by atoms with E-state index in [0.717, 1.165) is 58.5 Å². The van der Waals surface area contributed by atoms with Gasteiger partial charge in [-0.1, -0.05) is 0 Å². The number of carbonyl (C=O) groups excluding carboxylic acids is 1. The largest absolute Gasteiger partial charge is 0.396 e. The molecule has 1 spiro atoms. The molecule has 1 aliphatic carbocycles. The smallest absolute Gasteiger partial charge is 0.223 e. The molecule has 1 unspecified atom stereocenters. The van der Waals surface area contributed by atoms with E-state index in [1.165, 1.54) is 12.8 Å². The number of hydrogen-bond donors (Lipinski definition) is 3. The van der Waals surface area contributed by atoms with Crippen LogP contribution in [0.15, 0.2) is 0 Å². The maximum Gasteiger partial charge on any atom is 0.223 e. The van der Waals surface area contributed by atoms with Gasteiger partial charge in [0.05, 0.1) is 0 Å². The van der Waals surface area contributed by atoms with Crippen LogP contribution in [0, 0.1) is 17.3 Å². The average molecular weight is 368 g/mol. The van der Waals surface area contributed by atoms with Gasteiger partial charge in [0.15, 0.2) is 0 Å². The van der Waals surface area contributed by atoms with Crippen LogP contribution in [0.4, 0.5) is 0 Å². The minimum atomic E-state index is 0. The van der Waals surface area contributed by atoms with Gasteiger partial charge < -0.3 is 20.6 Å². The molecule has 0 aromatic heterocycles. The van der Waals surface area contributed by atoms with Crippen molar-refractivity contribution in [2.45, 2.75) is 32.1 Å². The fourth-order valence-electron chi connectivity index (χ4n) is 4.05. The number of likely N-dealkylation sites (tertiary alicyclic amines) is 1. The van der Waals surface area contributed by atoms with E-state index >= 15 is 0 Å². The molecule has 2 saturated heterocycles. The molecule has 3 rings (SSSR count). The van der Waals surface area contributed by atoms with Crippen molar-refractivity contribution in [2.24, 2.45) is 17.3 Å². The van der Waals surface area contributed by atoms with E-state index in [4.69, 9.17) is 5.11 Å². The van der Waals surface area contributed by atoms with Gasteiger partial charge in [-0.2, -0.15) is 0 Å². The fourth-order valence-corrected chi connectivity index (χ4v) is 4.05. The van der Waals surface area contributed by atoms with E-state index in [9.17, 15) is 4.79 Å². The van der Waals surface area contributed by atoms with Crippen LogP contribution in [0.3, 0.4) is 0 Å². The summed E-state index contributed by atoms with van der Waals surface area (Å²) in [5, 5.41) is 15.7. The standard InChI is InChI=1S/C16H29N3O2.2ClH/c20-12-13-1-8-19(9-2-13)10-7-18-15(21)14-11-16(14)3-5-17-6-4-16;;/h13-14,17,20H,1-12H2,(H,18,21);2*1H. The number of hydrogen-bond acceptors (Lipinski definition) is 4. The zero-order chi connectivity index (χ0) is 14.7. The maximum atomic E-state index is 12.2. The lowest BCUT2D eigenvalue weighted by molar-refractivity contribution is -0.123. The van der Waals surface area contributed by atoms with Crippen LogP contribution in [-0.2, 0) is 4.79 Å². The molecular formula is C16H31Cl2N3O2. The summed E-state index contributed by atoms with van der Waals surface area (Å²) in [7, 11) is 0. The number of rotatable bonds is 5. The molecule has 3 fully saturated rings. The topological polar surface area (TPSA) is 64.6 Å². The number of amides is 1. The highest BCUT2D eigenvalue weighted by Gasteiger charge is 2.57. The quantitative estimate of drug-likeness (QED) is 0.679. The summed E-state index contributed by atoms with van der Waals surface area (Å²) in [6.07, 6.45) is 5.61. The van der Waals surface area contributed by atoms with Crippen LogP contribution in [-0.4, -0.2) is 61.8 Å². The zero-order valence-electron chi connectivity index (χ0n) is 13.8. The van der Waals surface area contributed by atoms with Crippen LogP contribution >= 0.6 is 24.8 Å². The van der Waals surface area contributed by atoms with Crippen molar-refractivity contribution in [3.05, 3.63) is 0 Å². The van der Waals surface area contributed by atoms with Gasteiger partial charge in [0.2, 0.25) is 5.91 Å². The molecule has 0 bridgehead atoms. The first-order valence-electron chi connectivity index (χ1n) is 8.55. The Kier molecular flexibility index (Phi) is 8.59. The molecule has 1 atom stereocenters. The summed E-state index contributed by atoms with van der Waals surface area (Å²) >= 11 is 0. The Balaban J connectivity index is 0.00000132. The van der Waals surface area contributed by atoms with Crippen molar-refractivity contribution in [3.8, 4) is 0 Å². The fraction of sp³-hybridized carbons (Fsp3) is 0.938. The van der Waals surface area contributed by atoms with Crippen molar-refractivity contribution in [2.75, 3.05) is 45.9 Å². The molecular weight excluding hydrogens is 337 g/mol. The number of aliphatic hydroxyl groups excluding tert-OH is 1. The van der Waals surface area contributed by atoms with Crippen molar-refractivity contribution >= 4 is 30.7 Å². The van der Waals surface area contributed by atoms with Crippen LogP contribution in [0.5, 0.6) is 0 Å². The second kappa shape index (κ2) is 9.42. The van der Waals surface area contributed by atoms with Gasteiger partial charge in [0, 0.05) is 25.6 Å². The van der Waals surface area contributed by atoms with Gasteiger partial charge in [0.1, 0.15) is 0 Å². The third-order valence-electron chi connectivity index (χ3n) is 5.80. The molecule has 0 aromatic rings. The van der Waals surface area contributed by atoms with Crippen LogP contribution in [0.1, 0.15) is 32.1 Å². The summed E-state index contributed by atoms with van der Waals surface area (Å²) in [5.41, 5.74) is 0.342. The lowest BCUT2D eigenvalue weighted by atomic mass is 9.92. The predicted molar refractivity (Wildman–Crippen MR) is 96.4 cm³/mol. The third kappa shape index (κ3) is 5.20. The first kappa shape index (κ1) is 21.0. The van der Waals surface area contributed by atoms with E-state index in [1.54, 1.807) is 0 Å². The maximum absolute atomic E-state index is 12.2. The zero-order valence-corrected chi connectivity index (χ0v) is 15.4. The van der Waals surface area contributed by atoms with Crippen molar-refractivity contribution < 1.29 is 9.90 Å². The Bertz CT molecular complexity index is 370. The lowest BCUT2D eigenvalue weighted by Crippen LogP contribution is -2.41. The summed E-state index contributed by atoms with van der Waals surface area (Å²) in [4.78, 5) is 14.6. The van der Waals surface area contributed by atoms with Gasteiger partial charge in [-0.05, 0) is 69.6 Å². The first-order chi connectivity index (χ1) is 10.2. The average Bonchev–Trinajstić information content (AvgIpc) is 3.22. The van der Waals surface area contributed by atoms with Crippen LogP contribution < -0.4 is 10.6 Å². The molecule has 0 radical (unpaired) electrons. The van der Waals surface area contributed by atoms with Gasteiger partial charge in [-0.3, -0.25) is 4.79 Å². The summed E-state index contributed by atoms with van der Waals surface area (Å²) in [6, 6.07) is 0. The molecule has 2 heterocycles. The summed E-state index contributed by atoms with van der Waals surface area (Å²) < 4.78 is 0. The van der Waals surface area contributed by atoms with E-state index in [1.807, 2.05) is 0 Å². The number of piperidine rings is 2. The minimum Gasteiger partial charge on any atom is -0.396 e. The third-order valence-corrected chi connectivity index (χ3v) is 5.80. The number of nitrogens with zero attached hydrogens (tertiary/aromatic N) is 1. The Morgan fingerprint density at radius 3 is 2.48 bits per heavy atom. The molecule has 2 aliphatic heterocycles. The van der Waals surface area contributed by atoms with E-state index < -0.39 is 0 Å². The van der Waals surface area contributed by atoms with Crippen molar-refractivity contribution in [3.63, 3.8) is 0 Å².